The molecule has 2 heterocycles. The number of ether oxygens (including phenoxy) is 1. The van der Waals surface area contributed by atoms with E-state index in [1.54, 1.807) is 6.07 Å². The highest BCUT2D eigenvalue weighted by Crippen LogP contribution is 2.30. The normalized spacial score (nSPS) is 14.2. The van der Waals surface area contributed by atoms with Crippen LogP contribution >= 0.6 is 0 Å². The van der Waals surface area contributed by atoms with Crippen molar-refractivity contribution >= 4 is 5.88 Å². The van der Waals surface area contributed by atoms with Gasteiger partial charge in [0.15, 0.2) is 0 Å². The summed E-state index contributed by atoms with van der Waals surface area (Å²) in [5.74, 6) is 1.32. The Morgan fingerprint density at radius 2 is 2.19 bits per heavy atom. The lowest BCUT2D eigenvalue weighted by Crippen LogP contribution is -2.07. The maximum atomic E-state index is 5.55. The summed E-state index contributed by atoms with van der Waals surface area (Å²) >= 11 is 0. The van der Waals surface area contributed by atoms with Crippen LogP contribution in [0.4, 0.5) is 5.88 Å². The van der Waals surface area contributed by atoms with Crippen molar-refractivity contribution in [2.75, 3.05) is 12.3 Å². The zero-order valence-electron chi connectivity index (χ0n) is 8.77. The smallest absolute Gasteiger partial charge is 0.222 e. The molecule has 0 bridgehead atoms. The molecular weight excluding hydrogens is 204 g/mol. The molecule has 16 heavy (non-hydrogen) atoms. The monoisotopic (exact) mass is 216 g/mol. The second-order valence-corrected chi connectivity index (χ2v) is 3.89. The summed E-state index contributed by atoms with van der Waals surface area (Å²) < 4.78 is 10.4. The number of hydrogen-bond donors (Lipinski definition) is 1. The highest BCUT2D eigenvalue weighted by atomic mass is 16.5. The Labute approximate surface area is 93.0 Å². The molecule has 4 nitrogen and oxygen atoms in total. The van der Waals surface area contributed by atoms with E-state index in [4.69, 9.17) is 15.0 Å². The van der Waals surface area contributed by atoms with Crippen LogP contribution in [0.25, 0.3) is 11.3 Å². The molecule has 1 aliphatic rings. The lowest BCUT2D eigenvalue weighted by atomic mass is 10.0. The topological polar surface area (TPSA) is 61.3 Å². The molecule has 4 heteroatoms. The Bertz CT molecular complexity index is 519. The summed E-state index contributed by atoms with van der Waals surface area (Å²) in [6, 6.07) is 7.77. The van der Waals surface area contributed by atoms with Gasteiger partial charge in [-0.25, -0.2) is 0 Å². The molecule has 3 rings (SSSR count). The van der Waals surface area contributed by atoms with E-state index < -0.39 is 0 Å². The van der Waals surface area contributed by atoms with Crippen molar-refractivity contribution in [1.82, 2.24) is 5.16 Å². The van der Waals surface area contributed by atoms with E-state index in [0.29, 0.717) is 5.88 Å². The first-order valence-corrected chi connectivity index (χ1v) is 5.31. The summed E-state index contributed by atoms with van der Waals surface area (Å²) in [6.45, 7) is 0.809. The minimum Gasteiger partial charge on any atom is -0.493 e. The number of fused-ring (bicyclic) bond motifs is 1. The number of benzene rings is 1. The summed E-state index contributed by atoms with van der Waals surface area (Å²) in [6.07, 6.45) is 2.12. The highest BCUT2D eigenvalue weighted by molar-refractivity contribution is 5.63. The quantitative estimate of drug-likeness (QED) is 0.794. The van der Waals surface area contributed by atoms with E-state index in [0.717, 1.165) is 36.5 Å². The summed E-state index contributed by atoms with van der Waals surface area (Å²) in [4.78, 5) is 0. The van der Waals surface area contributed by atoms with E-state index >= 15 is 0 Å². The van der Waals surface area contributed by atoms with Gasteiger partial charge in [-0.2, -0.15) is 0 Å². The van der Waals surface area contributed by atoms with Gasteiger partial charge in [-0.15, -0.1) is 0 Å². The van der Waals surface area contributed by atoms with Crippen LogP contribution in [-0.2, 0) is 6.42 Å². The highest BCUT2D eigenvalue weighted by Gasteiger charge is 2.12. The molecule has 0 radical (unpaired) electrons. The molecule has 0 saturated carbocycles. The zero-order valence-corrected chi connectivity index (χ0v) is 8.77. The van der Waals surface area contributed by atoms with E-state index in [9.17, 15) is 0 Å². The fraction of sp³-hybridized carbons (Fsp3) is 0.250. The Morgan fingerprint density at radius 1 is 1.25 bits per heavy atom. The number of nitrogens with two attached hydrogens (primary N) is 1. The van der Waals surface area contributed by atoms with Gasteiger partial charge in [0.25, 0.3) is 0 Å². The van der Waals surface area contributed by atoms with E-state index in [2.05, 4.69) is 11.2 Å². The van der Waals surface area contributed by atoms with Crippen molar-refractivity contribution in [3.05, 3.63) is 29.8 Å². The predicted octanol–water partition coefficient (Wildman–Crippen LogP) is 2.25. The van der Waals surface area contributed by atoms with Gasteiger partial charge >= 0.3 is 0 Å². The van der Waals surface area contributed by atoms with Crippen molar-refractivity contribution in [3.63, 3.8) is 0 Å². The summed E-state index contributed by atoms with van der Waals surface area (Å²) in [5.41, 5.74) is 8.51. The average molecular weight is 216 g/mol. The van der Waals surface area contributed by atoms with Gasteiger partial charge in [-0.05, 0) is 36.6 Å². The minimum atomic E-state index is 0.337. The number of rotatable bonds is 1. The summed E-state index contributed by atoms with van der Waals surface area (Å²) in [7, 11) is 0. The largest absolute Gasteiger partial charge is 0.493 e. The maximum Gasteiger partial charge on any atom is 0.222 e. The molecule has 1 aromatic carbocycles. The third-order valence-electron chi connectivity index (χ3n) is 2.73. The number of anilines is 1. The molecule has 0 amide bonds. The number of aromatic nitrogens is 1. The maximum absolute atomic E-state index is 5.55. The molecule has 0 unspecified atom stereocenters. The van der Waals surface area contributed by atoms with Gasteiger partial charge in [0, 0.05) is 11.6 Å². The van der Waals surface area contributed by atoms with Crippen molar-refractivity contribution in [2.45, 2.75) is 12.8 Å². The molecular formula is C12H12N2O2. The Hall–Kier alpha value is -1.97. The average Bonchev–Trinajstić information content (AvgIpc) is 2.75. The standard InChI is InChI=1S/C12H12N2O2/c13-12-7-10(14-16-12)8-3-4-11-9(6-8)2-1-5-15-11/h3-4,6-7H,1-2,5,13H2. The summed E-state index contributed by atoms with van der Waals surface area (Å²) in [5, 5.41) is 3.89. The Balaban J connectivity index is 2.02. The predicted molar refractivity (Wildman–Crippen MR) is 60.2 cm³/mol. The molecule has 2 N–H and O–H groups in total. The third-order valence-corrected chi connectivity index (χ3v) is 2.73. The molecule has 1 aliphatic heterocycles. The molecule has 0 atom stereocenters. The van der Waals surface area contributed by atoms with Crippen LogP contribution < -0.4 is 10.5 Å². The zero-order chi connectivity index (χ0) is 11.0. The fourth-order valence-corrected chi connectivity index (χ4v) is 1.95. The second kappa shape index (κ2) is 3.56. The Kier molecular flexibility index (Phi) is 2.06. The van der Waals surface area contributed by atoms with Crippen molar-refractivity contribution in [3.8, 4) is 17.0 Å². The SMILES string of the molecule is Nc1cc(-c2ccc3c(c2)CCCO3)no1. The van der Waals surface area contributed by atoms with Gasteiger partial charge < -0.3 is 15.0 Å². The lowest BCUT2D eigenvalue weighted by molar-refractivity contribution is 0.288. The van der Waals surface area contributed by atoms with E-state index in [-0.39, 0.29) is 0 Å². The van der Waals surface area contributed by atoms with Crippen LogP contribution in [-0.4, -0.2) is 11.8 Å². The Morgan fingerprint density at radius 3 is 3.00 bits per heavy atom. The first-order valence-electron chi connectivity index (χ1n) is 5.31. The van der Waals surface area contributed by atoms with Crippen LogP contribution in [0.3, 0.4) is 0 Å². The minimum absolute atomic E-state index is 0.337. The molecule has 0 spiro atoms. The first kappa shape index (κ1) is 9.27. The van der Waals surface area contributed by atoms with Gasteiger partial charge in [-0.1, -0.05) is 5.16 Å². The first-order chi connectivity index (χ1) is 7.83. The lowest BCUT2D eigenvalue weighted by Gasteiger charge is -2.17. The van der Waals surface area contributed by atoms with Gasteiger partial charge in [0.1, 0.15) is 11.4 Å². The van der Waals surface area contributed by atoms with Gasteiger partial charge in [0.05, 0.1) is 6.61 Å². The van der Waals surface area contributed by atoms with Crippen molar-refractivity contribution in [1.29, 1.82) is 0 Å². The van der Waals surface area contributed by atoms with Crippen LogP contribution in [0.5, 0.6) is 5.75 Å². The van der Waals surface area contributed by atoms with Crippen molar-refractivity contribution < 1.29 is 9.26 Å². The molecule has 2 aromatic rings. The fourth-order valence-electron chi connectivity index (χ4n) is 1.95. The molecule has 0 aliphatic carbocycles. The number of aryl methyl sites for hydroxylation is 1. The third kappa shape index (κ3) is 1.52. The van der Waals surface area contributed by atoms with E-state index in [1.807, 2.05) is 12.1 Å². The second-order valence-electron chi connectivity index (χ2n) is 3.89. The molecule has 0 fully saturated rings. The number of hydrogen-bond acceptors (Lipinski definition) is 4. The molecule has 1 aromatic heterocycles. The van der Waals surface area contributed by atoms with Crippen LogP contribution in [0.2, 0.25) is 0 Å². The van der Waals surface area contributed by atoms with Gasteiger partial charge in [0.2, 0.25) is 5.88 Å². The van der Waals surface area contributed by atoms with Crippen molar-refractivity contribution in [2.24, 2.45) is 0 Å². The van der Waals surface area contributed by atoms with Crippen LogP contribution in [0.15, 0.2) is 28.8 Å². The molecule has 82 valence electrons. The number of nitrogens with zero attached hydrogens (tertiary/aromatic N) is 1. The van der Waals surface area contributed by atoms with Crippen LogP contribution in [0, 0.1) is 0 Å². The van der Waals surface area contributed by atoms with Crippen LogP contribution in [0.1, 0.15) is 12.0 Å². The van der Waals surface area contributed by atoms with Gasteiger partial charge in [-0.3, -0.25) is 0 Å². The van der Waals surface area contributed by atoms with E-state index in [1.165, 1.54) is 5.56 Å². The number of nitrogen functional groups attached to an aromatic ring is 1. The molecule has 0 saturated heterocycles.